The standard InChI is InChI=1S/C9H11.3CH4O.Ti/c1-2-5-9-7-3-6-8(9)4-1;3*1-2;/h3,6-7H,1-2,4-5H2;3*2H,1H3;/q-1;;;;. The first-order valence-corrected chi connectivity index (χ1v) is 5.04. The zero-order valence-electron chi connectivity index (χ0n) is 10.4. The van der Waals surface area contributed by atoms with Crippen LogP contribution in [0.2, 0.25) is 0 Å². The van der Waals surface area contributed by atoms with Crippen molar-refractivity contribution in [1.82, 2.24) is 0 Å². The van der Waals surface area contributed by atoms with Crippen LogP contribution in [0.3, 0.4) is 0 Å². The van der Waals surface area contributed by atoms with Crippen molar-refractivity contribution >= 4 is 0 Å². The molecule has 0 fully saturated rings. The van der Waals surface area contributed by atoms with Gasteiger partial charge in [-0.15, -0.1) is 0 Å². The summed E-state index contributed by atoms with van der Waals surface area (Å²) in [4.78, 5) is 0. The van der Waals surface area contributed by atoms with Crippen molar-refractivity contribution in [2.45, 2.75) is 25.7 Å². The molecule has 0 spiro atoms. The Bertz CT molecular complexity index is 191. The molecule has 0 aromatic heterocycles. The quantitative estimate of drug-likeness (QED) is 0.485. The van der Waals surface area contributed by atoms with E-state index in [1.165, 1.54) is 25.7 Å². The van der Waals surface area contributed by atoms with Gasteiger partial charge in [0.15, 0.2) is 0 Å². The monoisotopic (exact) mass is 263 g/mol. The predicted molar refractivity (Wildman–Crippen MR) is 63.1 cm³/mol. The maximum absolute atomic E-state index is 7.00. The molecule has 0 radical (unpaired) electrons. The fourth-order valence-electron chi connectivity index (χ4n) is 1.61. The van der Waals surface area contributed by atoms with Crippen LogP contribution in [0.25, 0.3) is 0 Å². The molecule has 16 heavy (non-hydrogen) atoms. The van der Waals surface area contributed by atoms with E-state index in [9.17, 15) is 0 Å². The molecule has 0 saturated carbocycles. The average Bonchev–Trinajstić information content (AvgIpc) is 2.85. The second-order valence-electron chi connectivity index (χ2n) is 2.78. The van der Waals surface area contributed by atoms with Crippen molar-refractivity contribution in [2.24, 2.45) is 0 Å². The zero-order chi connectivity index (χ0) is 12.1. The molecule has 0 saturated heterocycles. The molecule has 1 aliphatic rings. The Kier molecular flexibility index (Phi) is 23.0. The van der Waals surface area contributed by atoms with E-state index in [2.05, 4.69) is 18.2 Å². The Morgan fingerprint density at radius 2 is 1.44 bits per heavy atom. The predicted octanol–water partition coefficient (Wildman–Crippen LogP) is 1.11. The molecule has 2 rings (SSSR count). The van der Waals surface area contributed by atoms with E-state index in [0.717, 1.165) is 21.3 Å². The number of fused-ring (bicyclic) bond motifs is 1. The van der Waals surface area contributed by atoms with Gasteiger partial charge >= 0.3 is 0 Å². The van der Waals surface area contributed by atoms with Gasteiger partial charge in [-0.3, -0.25) is 0 Å². The summed E-state index contributed by atoms with van der Waals surface area (Å²) < 4.78 is 0. The first-order valence-electron chi connectivity index (χ1n) is 5.04. The molecular formula is C12H23O3Ti-. The second kappa shape index (κ2) is 17.3. The average molecular weight is 263 g/mol. The van der Waals surface area contributed by atoms with Gasteiger partial charge in [0.2, 0.25) is 0 Å². The first-order chi connectivity index (χ1) is 7.47. The van der Waals surface area contributed by atoms with Crippen LogP contribution in [-0.2, 0) is 34.6 Å². The Hall–Kier alpha value is -0.0557. The molecule has 4 heteroatoms. The van der Waals surface area contributed by atoms with Crippen molar-refractivity contribution in [3.05, 3.63) is 29.3 Å². The van der Waals surface area contributed by atoms with Crippen molar-refractivity contribution in [3.8, 4) is 0 Å². The minimum Gasteiger partial charge on any atom is -0.400 e. The van der Waals surface area contributed by atoms with E-state index in [1.54, 1.807) is 11.1 Å². The molecule has 0 aliphatic heterocycles. The molecular weight excluding hydrogens is 240 g/mol. The summed E-state index contributed by atoms with van der Waals surface area (Å²) in [6, 6.07) is 6.69. The number of hydrogen-bond acceptors (Lipinski definition) is 3. The normalized spacial score (nSPS) is 10.9. The first kappa shape index (κ1) is 21.3. The van der Waals surface area contributed by atoms with Gasteiger partial charge in [-0.25, -0.2) is 6.07 Å². The summed E-state index contributed by atoms with van der Waals surface area (Å²) in [5.74, 6) is 0. The minimum absolute atomic E-state index is 0. The summed E-state index contributed by atoms with van der Waals surface area (Å²) >= 11 is 0. The van der Waals surface area contributed by atoms with Crippen LogP contribution in [0.1, 0.15) is 24.0 Å². The van der Waals surface area contributed by atoms with E-state index in [1.807, 2.05) is 0 Å². The van der Waals surface area contributed by atoms with E-state index in [4.69, 9.17) is 15.3 Å². The van der Waals surface area contributed by atoms with Crippen LogP contribution < -0.4 is 0 Å². The molecule has 3 nitrogen and oxygen atoms in total. The van der Waals surface area contributed by atoms with Crippen molar-refractivity contribution in [2.75, 3.05) is 21.3 Å². The van der Waals surface area contributed by atoms with Crippen LogP contribution in [0, 0.1) is 0 Å². The Morgan fingerprint density at radius 3 is 1.94 bits per heavy atom. The summed E-state index contributed by atoms with van der Waals surface area (Å²) in [6.45, 7) is 0. The second-order valence-corrected chi connectivity index (χ2v) is 2.78. The molecule has 94 valence electrons. The number of aryl methyl sites for hydroxylation is 2. The zero-order valence-corrected chi connectivity index (χ0v) is 12.0. The van der Waals surface area contributed by atoms with Crippen LogP contribution in [0.4, 0.5) is 0 Å². The summed E-state index contributed by atoms with van der Waals surface area (Å²) in [7, 11) is 3.00. The molecule has 1 aliphatic carbocycles. The van der Waals surface area contributed by atoms with Gasteiger partial charge in [0.25, 0.3) is 0 Å². The Balaban J connectivity index is -0.000000214. The third-order valence-corrected chi connectivity index (χ3v) is 2.15. The Labute approximate surface area is 113 Å². The minimum atomic E-state index is 0. The van der Waals surface area contributed by atoms with Crippen molar-refractivity contribution in [3.63, 3.8) is 0 Å². The van der Waals surface area contributed by atoms with Crippen LogP contribution >= 0.6 is 0 Å². The van der Waals surface area contributed by atoms with Gasteiger partial charge in [-0.05, 0) is 0 Å². The van der Waals surface area contributed by atoms with E-state index < -0.39 is 0 Å². The molecule has 0 bridgehead atoms. The van der Waals surface area contributed by atoms with Gasteiger partial charge in [-0.2, -0.15) is 23.3 Å². The molecule has 0 atom stereocenters. The maximum atomic E-state index is 7.00. The van der Waals surface area contributed by atoms with Crippen LogP contribution in [0.5, 0.6) is 0 Å². The topological polar surface area (TPSA) is 60.7 Å². The number of rotatable bonds is 0. The van der Waals surface area contributed by atoms with Gasteiger partial charge in [-0.1, -0.05) is 25.7 Å². The smallest absolute Gasteiger partial charge is 0.0319 e. The summed E-state index contributed by atoms with van der Waals surface area (Å²) in [6.07, 6.45) is 5.44. The number of hydrogen-bond donors (Lipinski definition) is 3. The molecule has 1 aromatic carbocycles. The van der Waals surface area contributed by atoms with Crippen LogP contribution in [-0.4, -0.2) is 36.6 Å². The van der Waals surface area contributed by atoms with Gasteiger partial charge in [0.05, 0.1) is 0 Å². The third kappa shape index (κ3) is 8.14. The fraction of sp³-hybridized carbons (Fsp3) is 0.583. The number of aliphatic hydroxyl groups is 3. The van der Waals surface area contributed by atoms with Crippen LogP contribution in [0.15, 0.2) is 18.2 Å². The summed E-state index contributed by atoms with van der Waals surface area (Å²) in [5, 5.41) is 21.0. The van der Waals surface area contributed by atoms with Gasteiger partial charge in [0.1, 0.15) is 0 Å². The van der Waals surface area contributed by atoms with E-state index >= 15 is 0 Å². The van der Waals surface area contributed by atoms with Crippen molar-refractivity contribution < 1.29 is 37.0 Å². The molecule has 0 unspecified atom stereocenters. The fourth-order valence-corrected chi connectivity index (χ4v) is 1.61. The molecule has 3 N–H and O–H groups in total. The number of aliphatic hydroxyl groups excluding tert-OH is 3. The largest absolute Gasteiger partial charge is 0.400 e. The van der Waals surface area contributed by atoms with Gasteiger partial charge < -0.3 is 15.3 Å². The molecule has 1 aromatic rings. The molecule has 0 amide bonds. The van der Waals surface area contributed by atoms with E-state index in [0.29, 0.717) is 0 Å². The maximum Gasteiger partial charge on any atom is 0.0319 e. The third-order valence-electron chi connectivity index (χ3n) is 2.15. The Morgan fingerprint density at radius 1 is 0.938 bits per heavy atom. The SMILES string of the molecule is CO.CO.CO.[Ti].c1cc2c([cH-]1)CCCC2. The van der Waals surface area contributed by atoms with Crippen molar-refractivity contribution in [1.29, 1.82) is 0 Å². The summed E-state index contributed by atoms with van der Waals surface area (Å²) in [5.41, 5.74) is 3.20. The van der Waals surface area contributed by atoms with E-state index in [-0.39, 0.29) is 21.7 Å². The van der Waals surface area contributed by atoms with Gasteiger partial charge in [0, 0.05) is 43.0 Å². The molecule has 0 heterocycles.